The Hall–Kier alpha value is -1.46. The van der Waals surface area contributed by atoms with Crippen molar-refractivity contribution >= 4 is 18.3 Å². The summed E-state index contributed by atoms with van der Waals surface area (Å²) in [5, 5.41) is 6.26. The Bertz CT molecular complexity index is 475. The van der Waals surface area contributed by atoms with Crippen molar-refractivity contribution in [2.45, 2.75) is 31.8 Å². The molecule has 1 aromatic rings. The van der Waals surface area contributed by atoms with E-state index in [4.69, 9.17) is 9.47 Å². The molecule has 0 saturated carbocycles. The molecule has 0 radical (unpaired) electrons. The number of halogens is 1. The van der Waals surface area contributed by atoms with E-state index in [2.05, 4.69) is 10.6 Å². The first-order valence-electron chi connectivity index (χ1n) is 6.70. The number of carbonyl (C=O) groups is 1. The van der Waals surface area contributed by atoms with Gasteiger partial charge in [-0.25, -0.2) is 0 Å². The van der Waals surface area contributed by atoms with Crippen LogP contribution in [0.15, 0.2) is 18.2 Å². The van der Waals surface area contributed by atoms with Crippen LogP contribution in [-0.2, 0) is 11.3 Å². The lowest BCUT2D eigenvalue weighted by molar-refractivity contribution is -0.121. The molecule has 2 aliphatic rings. The van der Waals surface area contributed by atoms with Crippen LogP contribution >= 0.6 is 12.4 Å². The normalized spacial score (nSPS) is 19.5. The molecule has 0 bridgehead atoms. The van der Waals surface area contributed by atoms with E-state index < -0.39 is 0 Å². The molecule has 0 spiro atoms. The lowest BCUT2D eigenvalue weighted by Crippen LogP contribution is -2.31. The second kappa shape index (κ2) is 6.81. The lowest BCUT2D eigenvalue weighted by atomic mass is 10.1. The summed E-state index contributed by atoms with van der Waals surface area (Å²) in [5.74, 6) is 1.62. The van der Waals surface area contributed by atoms with Gasteiger partial charge in [0.15, 0.2) is 11.5 Å². The standard InChI is InChI=1S/C14H18N2O3.ClH/c17-14(7-11-2-1-5-15-11)16-8-10-3-4-12-13(6-10)19-9-18-12;/h3-4,6,11,15H,1-2,5,7-9H2,(H,16,17);1H. The van der Waals surface area contributed by atoms with Crippen molar-refractivity contribution in [3.8, 4) is 11.5 Å². The van der Waals surface area contributed by atoms with Crippen LogP contribution in [0.2, 0.25) is 0 Å². The predicted molar refractivity (Wildman–Crippen MR) is 77.3 cm³/mol. The smallest absolute Gasteiger partial charge is 0.231 e. The van der Waals surface area contributed by atoms with Crippen LogP contribution in [0, 0.1) is 0 Å². The fourth-order valence-corrected chi connectivity index (χ4v) is 2.48. The number of hydrogen-bond donors (Lipinski definition) is 2. The van der Waals surface area contributed by atoms with Crippen LogP contribution in [-0.4, -0.2) is 25.3 Å². The zero-order valence-corrected chi connectivity index (χ0v) is 12.0. The quantitative estimate of drug-likeness (QED) is 0.886. The third kappa shape index (κ3) is 3.55. The highest BCUT2D eigenvalue weighted by molar-refractivity contribution is 5.85. The largest absolute Gasteiger partial charge is 0.454 e. The van der Waals surface area contributed by atoms with Crippen molar-refractivity contribution < 1.29 is 14.3 Å². The maximum atomic E-state index is 11.8. The topological polar surface area (TPSA) is 59.6 Å². The molecule has 0 aromatic heterocycles. The zero-order chi connectivity index (χ0) is 13.1. The Balaban J connectivity index is 0.00000147. The summed E-state index contributed by atoms with van der Waals surface area (Å²) >= 11 is 0. The maximum Gasteiger partial charge on any atom is 0.231 e. The molecule has 110 valence electrons. The summed E-state index contributed by atoms with van der Waals surface area (Å²) in [6, 6.07) is 6.08. The van der Waals surface area contributed by atoms with E-state index in [9.17, 15) is 4.79 Å². The van der Waals surface area contributed by atoms with Gasteiger partial charge in [0, 0.05) is 19.0 Å². The first-order chi connectivity index (χ1) is 9.31. The van der Waals surface area contributed by atoms with Crippen molar-refractivity contribution in [1.29, 1.82) is 0 Å². The highest BCUT2D eigenvalue weighted by Crippen LogP contribution is 2.32. The van der Waals surface area contributed by atoms with Crippen LogP contribution in [0.1, 0.15) is 24.8 Å². The van der Waals surface area contributed by atoms with Gasteiger partial charge in [0.25, 0.3) is 0 Å². The number of hydrogen-bond acceptors (Lipinski definition) is 4. The van der Waals surface area contributed by atoms with Gasteiger partial charge in [-0.05, 0) is 37.1 Å². The predicted octanol–water partition coefficient (Wildman–Crippen LogP) is 1.60. The molecule has 20 heavy (non-hydrogen) atoms. The number of carbonyl (C=O) groups excluding carboxylic acids is 1. The SMILES string of the molecule is Cl.O=C(CC1CCCN1)NCc1ccc2c(c1)OCO2. The molecule has 2 N–H and O–H groups in total. The van der Waals surface area contributed by atoms with Crippen molar-refractivity contribution in [2.24, 2.45) is 0 Å². The van der Waals surface area contributed by atoms with Gasteiger partial charge in [-0.3, -0.25) is 4.79 Å². The highest BCUT2D eigenvalue weighted by atomic mass is 35.5. The van der Waals surface area contributed by atoms with Gasteiger partial charge < -0.3 is 20.1 Å². The third-order valence-electron chi connectivity index (χ3n) is 3.52. The summed E-state index contributed by atoms with van der Waals surface area (Å²) in [6.07, 6.45) is 2.82. The van der Waals surface area contributed by atoms with Crippen molar-refractivity contribution in [1.82, 2.24) is 10.6 Å². The van der Waals surface area contributed by atoms with Crippen LogP contribution in [0.3, 0.4) is 0 Å². The molecule has 3 rings (SSSR count). The monoisotopic (exact) mass is 298 g/mol. The molecule has 6 heteroatoms. The van der Waals surface area contributed by atoms with Gasteiger partial charge in [-0.2, -0.15) is 0 Å². The molecule has 0 aliphatic carbocycles. The van der Waals surface area contributed by atoms with E-state index in [0.717, 1.165) is 30.0 Å². The zero-order valence-electron chi connectivity index (χ0n) is 11.2. The van der Waals surface area contributed by atoms with Gasteiger partial charge in [-0.15, -0.1) is 12.4 Å². The molecule has 1 fully saturated rings. The highest BCUT2D eigenvalue weighted by Gasteiger charge is 2.18. The van der Waals surface area contributed by atoms with Gasteiger partial charge in [0.1, 0.15) is 0 Å². The van der Waals surface area contributed by atoms with E-state index in [1.54, 1.807) is 0 Å². The average Bonchev–Trinajstić information content (AvgIpc) is 3.06. The van der Waals surface area contributed by atoms with Crippen LogP contribution in [0.4, 0.5) is 0 Å². The number of fused-ring (bicyclic) bond motifs is 1. The van der Waals surface area contributed by atoms with Gasteiger partial charge in [-0.1, -0.05) is 6.07 Å². The molecular weight excluding hydrogens is 280 g/mol. The molecule has 2 aliphatic heterocycles. The van der Waals surface area contributed by atoms with E-state index in [-0.39, 0.29) is 25.1 Å². The number of amides is 1. The van der Waals surface area contributed by atoms with E-state index in [0.29, 0.717) is 19.0 Å². The van der Waals surface area contributed by atoms with Crippen molar-refractivity contribution in [2.75, 3.05) is 13.3 Å². The first-order valence-corrected chi connectivity index (χ1v) is 6.70. The molecule has 2 heterocycles. The van der Waals surface area contributed by atoms with E-state index >= 15 is 0 Å². The van der Waals surface area contributed by atoms with Crippen molar-refractivity contribution in [3.63, 3.8) is 0 Å². The molecule has 1 atom stereocenters. The van der Waals surface area contributed by atoms with Gasteiger partial charge >= 0.3 is 0 Å². The first kappa shape index (κ1) is 14.9. The summed E-state index contributed by atoms with van der Waals surface area (Å²) in [7, 11) is 0. The number of rotatable bonds is 4. The van der Waals surface area contributed by atoms with Crippen molar-refractivity contribution in [3.05, 3.63) is 23.8 Å². The number of ether oxygens (including phenoxy) is 2. The summed E-state index contributed by atoms with van der Waals surface area (Å²) in [6.45, 7) is 1.83. The molecule has 1 unspecified atom stereocenters. The average molecular weight is 299 g/mol. The molecular formula is C14H19ClN2O3. The van der Waals surface area contributed by atoms with E-state index in [1.807, 2.05) is 18.2 Å². The summed E-state index contributed by atoms with van der Waals surface area (Å²) in [4.78, 5) is 11.8. The molecule has 1 amide bonds. The number of nitrogens with one attached hydrogen (secondary N) is 2. The molecule has 5 nitrogen and oxygen atoms in total. The fraction of sp³-hybridized carbons (Fsp3) is 0.500. The lowest BCUT2D eigenvalue weighted by Gasteiger charge is -2.10. The Morgan fingerprint density at radius 1 is 1.35 bits per heavy atom. The van der Waals surface area contributed by atoms with Crippen LogP contribution < -0.4 is 20.1 Å². The van der Waals surface area contributed by atoms with Crippen LogP contribution in [0.25, 0.3) is 0 Å². The molecule has 1 aromatic carbocycles. The minimum Gasteiger partial charge on any atom is -0.454 e. The van der Waals surface area contributed by atoms with E-state index in [1.165, 1.54) is 6.42 Å². The van der Waals surface area contributed by atoms with Gasteiger partial charge in [0.2, 0.25) is 12.7 Å². The molecule has 1 saturated heterocycles. The summed E-state index contributed by atoms with van der Waals surface area (Å²) in [5.41, 5.74) is 1.02. The number of benzene rings is 1. The Morgan fingerprint density at radius 2 is 2.20 bits per heavy atom. The fourth-order valence-electron chi connectivity index (χ4n) is 2.48. The minimum atomic E-state index is 0. The Morgan fingerprint density at radius 3 is 3.00 bits per heavy atom. The third-order valence-corrected chi connectivity index (χ3v) is 3.52. The minimum absolute atomic E-state index is 0. The second-order valence-corrected chi connectivity index (χ2v) is 4.96. The summed E-state index contributed by atoms with van der Waals surface area (Å²) < 4.78 is 10.6. The van der Waals surface area contributed by atoms with Gasteiger partial charge in [0.05, 0.1) is 0 Å². The second-order valence-electron chi connectivity index (χ2n) is 4.96. The van der Waals surface area contributed by atoms with Crippen LogP contribution in [0.5, 0.6) is 11.5 Å². The Labute approximate surface area is 124 Å². The Kier molecular flexibility index (Phi) is 5.09. The maximum absolute atomic E-state index is 11.8.